The second-order valence-corrected chi connectivity index (χ2v) is 3.69. The number of rotatable bonds is 5. The topological polar surface area (TPSA) is 52.6 Å². The van der Waals surface area contributed by atoms with Gasteiger partial charge in [0.1, 0.15) is 0 Å². The van der Waals surface area contributed by atoms with Crippen molar-refractivity contribution in [1.29, 1.82) is 0 Å². The van der Waals surface area contributed by atoms with Crippen LogP contribution in [0.5, 0.6) is 0 Å². The quantitative estimate of drug-likeness (QED) is 0.655. The van der Waals surface area contributed by atoms with E-state index in [1.807, 2.05) is 6.92 Å². The van der Waals surface area contributed by atoms with E-state index < -0.39 is 0 Å². The van der Waals surface area contributed by atoms with E-state index in [-0.39, 0.29) is 12.5 Å². The predicted molar refractivity (Wildman–Crippen MR) is 55.0 cm³/mol. The van der Waals surface area contributed by atoms with E-state index in [0.717, 1.165) is 13.0 Å². The first kappa shape index (κ1) is 11.5. The number of amides is 1. The molecule has 0 spiro atoms. The molecule has 1 saturated heterocycles. The van der Waals surface area contributed by atoms with Crippen LogP contribution in [0.1, 0.15) is 26.2 Å². The fourth-order valence-electron chi connectivity index (χ4n) is 1.85. The molecule has 1 fully saturated rings. The molecule has 1 heterocycles. The van der Waals surface area contributed by atoms with Crippen molar-refractivity contribution in [2.45, 2.75) is 32.2 Å². The van der Waals surface area contributed by atoms with Crippen LogP contribution in [0.25, 0.3) is 0 Å². The van der Waals surface area contributed by atoms with Crippen molar-refractivity contribution in [3.05, 3.63) is 0 Å². The zero-order valence-electron chi connectivity index (χ0n) is 8.83. The summed E-state index contributed by atoms with van der Waals surface area (Å²) < 4.78 is 0. The van der Waals surface area contributed by atoms with Crippen LogP contribution >= 0.6 is 0 Å². The van der Waals surface area contributed by atoms with Crippen LogP contribution in [0, 0.1) is 0 Å². The highest BCUT2D eigenvalue weighted by atomic mass is 16.3. The van der Waals surface area contributed by atoms with E-state index in [0.29, 0.717) is 25.6 Å². The fraction of sp³-hybridized carbons (Fsp3) is 0.900. The molecule has 0 aromatic rings. The largest absolute Gasteiger partial charge is 0.395 e. The molecule has 1 amide bonds. The zero-order chi connectivity index (χ0) is 10.4. The molecule has 0 radical (unpaired) electrons. The van der Waals surface area contributed by atoms with Gasteiger partial charge in [-0.25, -0.2) is 0 Å². The summed E-state index contributed by atoms with van der Waals surface area (Å²) in [6, 6.07) is 0.357. The Hall–Kier alpha value is -0.610. The smallest absolute Gasteiger partial charge is 0.224 e. The van der Waals surface area contributed by atoms with E-state index in [4.69, 9.17) is 5.11 Å². The van der Waals surface area contributed by atoms with Gasteiger partial charge in [0.25, 0.3) is 0 Å². The number of aliphatic hydroxyl groups excluding tert-OH is 1. The van der Waals surface area contributed by atoms with Crippen molar-refractivity contribution in [3.8, 4) is 0 Å². The van der Waals surface area contributed by atoms with E-state index in [9.17, 15) is 4.79 Å². The first-order chi connectivity index (χ1) is 6.77. The minimum atomic E-state index is 0.0532. The summed E-state index contributed by atoms with van der Waals surface area (Å²) in [6.45, 7) is 4.17. The second-order valence-electron chi connectivity index (χ2n) is 3.69. The van der Waals surface area contributed by atoms with Crippen molar-refractivity contribution in [2.24, 2.45) is 0 Å². The molecule has 1 aliphatic heterocycles. The molecule has 14 heavy (non-hydrogen) atoms. The molecule has 1 aliphatic rings. The summed E-state index contributed by atoms with van der Waals surface area (Å²) in [4.78, 5) is 13.4. The van der Waals surface area contributed by atoms with Crippen LogP contribution in [-0.4, -0.2) is 48.2 Å². The minimum Gasteiger partial charge on any atom is -0.395 e. The number of aliphatic hydroxyl groups is 1. The third kappa shape index (κ3) is 3.27. The van der Waals surface area contributed by atoms with Gasteiger partial charge in [0, 0.05) is 25.6 Å². The highest BCUT2D eigenvalue weighted by Gasteiger charge is 2.20. The Bertz CT molecular complexity index is 179. The third-order valence-corrected chi connectivity index (χ3v) is 2.69. The lowest BCUT2D eigenvalue weighted by molar-refractivity contribution is -0.131. The number of likely N-dealkylation sites (N-methyl/N-ethyl adjacent to an activating group) is 1. The summed E-state index contributed by atoms with van der Waals surface area (Å²) in [7, 11) is 0. The first-order valence-corrected chi connectivity index (χ1v) is 5.40. The molecule has 4 heteroatoms. The number of hydrogen-bond acceptors (Lipinski definition) is 3. The van der Waals surface area contributed by atoms with Gasteiger partial charge in [0.2, 0.25) is 5.91 Å². The van der Waals surface area contributed by atoms with Gasteiger partial charge in [-0.15, -0.1) is 0 Å². The number of hydrogen-bond donors (Lipinski definition) is 2. The van der Waals surface area contributed by atoms with Crippen LogP contribution in [0.2, 0.25) is 0 Å². The van der Waals surface area contributed by atoms with E-state index >= 15 is 0 Å². The number of carbonyl (C=O) groups excluding carboxylic acids is 1. The van der Waals surface area contributed by atoms with Gasteiger partial charge in [-0.05, 0) is 26.3 Å². The molecular weight excluding hydrogens is 180 g/mol. The summed E-state index contributed by atoms with van der Waals surface area (Å²) in [5.41, 5.74) is 0. The van der Waals surface area contributed by atoms with E-state index in [1.165, 1.54) is 6.42 Å². The molecule has 2 N–H and O–H groups in total. The van der Waals surface area contributed by atoms with Gasteiger partial charge in [0.15, 0.2) is 0 Å². The molecule has 0 saturated carbocycles. The summed E-state index contributed by atoms with van der Waals surface area (Å²) in [6.07, 6.45) is 2.85. The lowest BCUT2D eigenvalue weighted by Crippen LogP contribution is -2.37. The summed E-state index contributed by atoms with van der Waals surface area (Å²) in [5.74, 6) is 0.154. The Balaban J connectivity index is 2.30. The molecule has 0 aliphatic carbocycles. The summed E-state index contributed by atoms with van der Waals surface area (Å²) >= 11 is 0. The van der Waals surface area contributed by atoms with E-state index in [1.54, 1.807) is 4.90 Å². The molecule has 82 valence electrons. The van der Waals surface area contributed by atoms with Gasteiger partial charge in [-0.1, -0.05) is 0 Å². The van der Waals surface area contributed by atoms with Crippen LogP contribution in [-0.2, 0) is 4.79 Å². The normalized spacial score (nSPS) is 21.1. The van der Waals surface area contributed by atoms with Crippen LogP contribution in [0.4, 0.5) is 0 Å². The monoisotopic (exact) mass is 200 g/mol. The molecule has 1 rings (SSSR count). The number of nitrogens with one attached hydrogen (secondary N) is 1. The highest BCUT2D eigenvalue weighted by molar-refractivity contribution is 5.76. The molecular formula is C10H20N2O2. The molecule has 0 bridgehead atoms. The zero-order valence-corrected chi connectivity index (χ0v) is 8.83. The average molecular weight is 200 g/mol. The third-order valence-electron chi connectivity index (χ3n) is 2.69. The van der Waals surface area contributed by atoms with Gasteiger partial charge in [-0.2, -0.15) is 0 Å². The minimum absolute atomic E-state index is 0.0532. The van der Waals surface area contributed by atoms with Crippen molar-refractivity contribution in [1.82, 2.24) is 10.2 Å². The van der Waals surface area contributed by atoms with Crippen molar-refractivity contribution < 1.29 is 9.90 Å². The Morgan fingerprint density at radius 2 is 2.43 bits per heavy atom. The Morgan fingerprint density at radius 1 is 1.64 bits per heavy atom. The maximum atomic E-state index is 11.7. The van der Waals surface area contributed by atoms with Crippen molar-refractivity contribution in [2.75, 3.05) is 26.2 Å². The molecule has 0 aromatic heterocycles. The second kappa shape index (κ2) is 5.98. The van der Waals surface area contributed by atoms with Crippen molar-refractivity contribution in [3.63, 3.8) is 0 Å². The van der Waals surface area contributed by atoms with Gasteiger partial charge in [-0.3, -0.25) is 4.79 Å². The standard InChI is InChI=1S/C10H20N2O2/c1-2-12(6-7-13)10(14)8-9-4-3-5-11-9/h9,11,13H,2-8H2,1H3. The predicted octanol–water partition coefficient (Wildman–Crippen LogP) is -0.0307. The lowest BCUT2D eigenvalue weighted by Gasteiger charge is -2.21. The fourth-order valence-corrected chi connectivity index (χ4v) is 1.85. The molecule has 4 nitrogen and oxygen atoms in total. The number of nitrogens with zero attached hydrogens (tertiary/aromatic N) is 1. The molecule has 1 unspecified atom stereocenters. The number of carbonyl (C=O) groups is 1. The molecule has 0 aromatic carbocycles. The summed E-state index contributed by atoms with van der Waals surface area (Å²) in [5, 5.41) is 12.1. The highest BCUT2D eigenvalue weighted by Crippen LogP contribution is 2.10. The SMILES string of the molecule is CCN(CCO)C(=O)CC1CCCN1. The van der Waals surface area contributed by atoms with E-state index in [2.05, 4.69) is 5.32 Å². The van der Waals surface area contributed by atoms with Gasteiger partial charge in [0.05, 0.1) is 6.61 Å². The maximum Gasteiger partial charge on any atom is 0.224 e. The maximum absolute atomic E-state index is 11.7. The van der Waals surface area contributed by atoms with Gasteiger partial charge < -0.3 is 15.3 Å². The Kier molecular flexibility index (Phi) is 4.90. The van der Waals surface area contributed by atoms with Crippen molar-refractivity contribution >= 4 is 5.91 Å². The lowest BCUT2D eigenvalue weighted by atomic mass is 10.1. The van der Waals surface area contributed by atoms with Crippen LogP contribution in [0.15, 0.2) is 0 Å². The molecule has 1 atom stereocenters. The Morgan fingerprint density at radius 3 is 2.93 bits per heavy atom. The van der Waals surface area contributed by atoms with Crippen LogP contribution < -0.4 is 5.32 Å². The van der Waals surface area contributed by atoms with Gasteiger partial charge >= 0.3 is 0 Å². The Labute approximate surface area is 85.3 Å². The average Bonchev–Trinajstić information content (AvgIpc) is 2.66. The first-order valence-electron chi connectivity index (χ1n) is 5.40. The van der Waals surface area contributed by atoms with Crippen LogP contribution in [0.3, 0.4) is 0 Å².